The van der Waals surface area contributed by atoms with Gasteiger partial charge < -0.3 is 10.2 Å². The van der Waals surface area contributed by atoms with E-state index in [4.69, 9.17) is 0 Å². The first-order valence-corrected chi connectivity index (χ1v) is 6.42. The maximum absolute atomic E-state index is 13.8. The topological polar surface area (TPSA) is 15.3 Å². The highest BCUT2D eigenvalue weighted by molar-refractivity contribution is 5.49. The standard InChI is InChI=1S/C14H19F3N2/c1-14(2,3)11-8-19(7-6-18-11)10-5-4-9(15)12(16)13(10)17/h4-5,11,18H,6-8H2,1-3H3. The highest BCUT2D eigenvalue weighted by atomic mass is 19.2. The lowest BCUT2D eigenvalue weighted by Gasteiger charge is -2.41. The number of hydrogen-bond acceptors (Lipinski definition) is 2. The number of nitrogens with one attached hydrogen (secondary N) is 1. The molecule has 1 aliphatic heterocycles. The van der Waals surface area contributed by atoms with Crippen LogP contribution in [0.25, 0.3) is 0 Å². The Morgan fingerprint density at radius 2 is 1.84 bits per heavy atom. The molecule has 0 spiro atoms. The zero-order valence-electron chi connectivity index (χ0n) is 11.4. The summed E-state index contributed by atoms with van der Waals surface area (Å²) >= 11 is 0. The van der Waals surface area contributed by atoms with Crippen molar-refractivity contribution in [3.8, 4) is 0 Å². The number of piperazine rings is 1. The molecule has 1 unspecified atom stereocenters. The summed E-state index contributed by atoms with van der Waals surface area (Å²) in [5.41, 5.74) is 0.155. The van der Waals surface area contributed by atoms with Crippen LogP contribution < -0.4 is 10.2 Å². The minimum absolute atomic E-state index is 0.0215. The average molecular weight is 272 g/mol. The van der Waals surface area contributed by atoms with Gasteiger partial charge in [0.2, 0.25) is 0 Å². The first-order chi connectivity index (χ1) is 8.80. The van der Waals surface area contributed by atoms with Crippen molar-refractivity contribution >= 4 is 5.69 Å². The van der Waals surface area contributed by atoms with Gasteiger partial charge in [0, 0.05) is 25.7 Å². The largest absolute Gasteiger partial charge is 0.366 e. The molecule has 2 nitrogen and oxygen atoms in total. The molecule has 5 heteroatoms. The van der Waals surface area contributed by atoms with Crippen molar-refractivity contribution < 1.29 is 13.2 Å². The number of hydrogen-bond donors (Lipinski definition) is 1. The average Bonchev–Trinajstić information content (AvgIpc) is 2.35. The van der Waals surface area contributed by atoms with Crippen LogP contribution in [0.1, 0.15) is 20.8 Å². The van der Waals surface area contributed by atoms with Crippen molar-refractivity contribution in [3.05, 3.63) is 29.6 Å². The molecular weight excluding hydrogens is 253 g/mol. The molecule has 0 radical (unpaired) electrons. The maximum atomic E-state index is 13.8. The predicted molar refractivity (Wildman–Crippen MR) is 69.8 cm³/mol. The van der Waals surface area contributed by atoms with Crippen LogP contribution in [-0.4, -0.2) is 25.7 Å². The molecule has 0 bridgehead atoms. The van der Waals surface area contributed by atoms with Gasteiger partial charge in [0.1, 0.15) is 0 Å². The fourth-order valence-electron chi connectivity index (χ4n) is 2.31. The molecule has 1 aromatic rings. The van der Waals surface area contributed by atoms with Crippen LogP contribution in [0, 0.1) is 22.9 Å². The summed E-state index contributed by atoms with van der Waals surface area (Å²) in [6.45, 7) is 8.13. The monoisotopic (exact) mass is 272 g/mol. The zero-order valence-corrected chi connectivity index (χ0v) is 11.4. The van der Waals surface area contributed by atoms with Crippen LogP contribution in [0.2, 0.25) is 0 Å². The van der Waals surface area contributed by atoms with E-state index >= 15 is 0 Å². The van der Waals surface area contributed by atoms with Crippen molar-refractivity contribution in [3.63, 3.8) is 0 Å². The Kier molecular flexibility index (Phi) is 3.76. The van der Waals surface area contributed by atoms with E-state index in [0.29, 0.717) is 19.6 Å². The molecule has 1 aliphatic rings. The van der Waals surface area contributed by atoms with Gasteiger partial charge >= 0.3 is 0 Å². The van der Waals surface area contributed by atoms with Crippen LogP contribution >= 0.6 is 0 Å². The van der Waals surface area contributed by atoms with Gasteiger partial charge in [0.05, 0.1) is 5.69 Å². The molecule has 1 heterocycles. The van der Waals surface area contributed by atoms with E-state index in [2.05, 4.69) is 26.1 Å². The molecule has 19 heavy (non-hydrogen) atoms. The number of rotatable bonds is 1. The van der Waals surface area contributed by atoms with E-state index in [1.807, 2.05) is 0 Å². The highest BCUT2D eigenvalue weighted by Crippen LogP contribution is 2.28. The fraction of sp³-hybridized carbons (Fsp3) is 0.571. The normalized spacial score (nSPS) is 20.7. The number of halogens is 3. The van der Waals surface area contributed by atoms with E-state index < -0.39 is 17.5 Å². The highest BCUT2D eigenvalue weighted by Gasteiger charge is 2.30. The van der Waals surface area contributed by atoms with Crippen molar-refractivity contribution in [1.82, 2.24) is 5.32 Å². The van der Waals surface area contributed by atoms with Crippen LogP contribution in [0.15, 0.2) is 12.1 Å². The van der Waals surface area contributed by atoms with Crippen LogP contribution in [-0.2, 0) is 0 Å². The lowest BCUT2D eigenvalue weighted by atomic mass is 9.85. The minimum Gasteiger partial charge on any atom is -0.366 e. The Morgan fingerprint density at radius 1 is 1.16 bits per heavy atom. The van der Waals surface area contributed by atoms with Crippen molar-refractivity contribution in [1.29, 1.82) is 0 Å². The Hall–Kier alpha value is -1.23. The third kappa shape index (κ3) is 2.86. The fourth-order valence-corrected chi connectivity index (χ4v) is 2.31. The molecule has 1 fully saturated rings. The van der Waals surface area contributed by atoms with E-state index in [-0.39, 0.29) is 17.1 Å². The smallest absolute Gasteiger partial charge is 0.196 e. The second-order valence-corrected chi connectivity index (χ2v) is 6.01. The molecule has 1 N–H and O–H groups in total. The number of anilines is 1. The van der Waals surface area contributed by atoms with Gasteiger partial charge in [-0.3, -0.25) is 0 Å². The molecule has 1 atom stereocenters. The third-order valence-corrected chi connectivity index (χ3v) is 3.58. The predicted octanol–water partition coefficient (Wildman–Crippen LogP) is 2.93. The van der Waals surface area contributed by atoms with Crippen LogP contribution in [0.3, 0.4) is 0 Å². The summed E-state index contributed by atoms with van der Waals surface area (Å²) in [6.07, 6.45) is 0. The molecule has 1 saturated heterocycles. The Balaban J connectivity index is 2.25. The minimum atomic E-state index is -1.40. The molecule has 0 amide bonds. The molecule has 106 valence electrons. The third-order valence-electron chi connectivity index (χ3n) is 3.58. The van der Waals surface area contributed by atoms with E-state index in [0.717, 1.165) is 6.07 Å². The molecule has 2 rings (SSSR count). The molecule has 1 aromatic carbocycles. The summed E-state index contributed by atoms with van der Waals surface area (Å²) in [4.78, 5) is 1.77. The van der Waals surface area contributed by atoms with E-state index in [1.165, 1.54) is 6.07 Å². The van der Waals surface area contributed by atoms with Gasteiger partial charge in [0.25, 0.3) is 0 Å². The van der Waals surface area contributed by atoms with Crippen LogP contribution in [0.4, 0.5) is 18.9 Å². The number of benzene rings is 1. The van der Waals surface area contributed by atoms with Crippen molar-refractivity contribution in [2.24, 2.45) is 5.41 Å². The van der Waals surface area contributed by atoms with E-state index in [1.54, 1.807) is 4.90 Å². The second-order valence-electron chi connectivity index (χ2n) is 6.01. The maximum Gasteiger partial charge on any atom is 0.196 e. The van der Waals surface area contributed by atoms with Gasteiger partial charge in [-0.1, -0.05) is 20.8 Å². The van der Waals surface area contributed by atoms with Gasteiger partial charge in [-0.15, -0.1) is 0 Å². The molecule has 0 aliphatic carbocycles. The summed E-state index contributed by atoms with van der Waals surface area (Å²) in [7, 11) is 0. The Labute approximate surface area is 111 Å². The molecule has 0 saturated carbocycles. The quantitative estimate of drug-likeness (QED) is 0.791. The van der Waals surface area contributed by atoms with Crippen molar-refractivity contribution in [2.45, 2.75) is 26.8 Å². The van der Waals surface area contributed by atoms with Gasteiger partial charge in [-0.2, -0.15) is 0 Å². The summed E-state index contributed by atoms with van der Waals surface area (Å²) < 4.78 is 40.0. The van der Waals surface area contributed by atoms with Gasteiger partial charge in [-0.05, 0) is 17.5 Å². The zero-order chi connectivity index (χ0) is 14.2. The van der Waals surface area contributed by atoms with Crippen LogP contribution in [0.5, 0.6) is 0 Å². The molecular formula is C14H19F3N2. The second kappa shape index (κ2) is 5.04. The molecule has 0 aromatic heterocycles. The van der Waals surface area contributed by atoms with E-state index in [9.17, 15) is 13.2 Å². The van der Waals surface area contributed by atoms with Crippen molar-refractivity contribution in [2.75, 3.05) is 24.5 Å². The lowest BCUT2D eigenvalue weighted by Crippen LogP contribution is -2.56. The SMILES string of the molecule is CC(C)(C)C1CN(c2ccc(F)c(F)c2F)CCN1. The van der Waals surface area contributed by atoms with Gasteiger partial charge in [0.15, 0.2) is 17.5 Å². The summed E-state index contributed by atoms with van der Waals surface area (Å²) in [5, 5.41) is 3.37. The first kappa shape index (κ1) is 14.2. The summed E-state index contributed by atoms with van der Waals surface area (Å²) in [5.74, 6) is -3.65. The van der Waals surface area contributed by atoms with Gasteiger partial charge in [-0.25, -0.2) is 13.2 Å². The Bertz CT molecular complexity index is 468. The number of nitrogens with zero attached hydrogens (tertiary/aromatic N) is 1. The lowest BCUT2D eigenvalue weighted by molar-refractivity contribution is 0.253. The summed E-state index contributed by atoms with van der Waals surface area (Å²) in [6, 6.07) is 2.45. The Morgan fingerprint density at radius 3 is 2.47 bits per heavy atom. The first-order valence-electron chi connectivity index (χ1n) is 6.42.